The van der Waals surface area contributed by atoms with Gasteiger partial charge < -0.3 is 9.64 Å². The van der Waals surface area contributed by atoms with Gasteiger partial charge in [0.1, 0.15) is 5.75 Å². The maximum atomic E-state index is 12.6. The molecule has 0 spiro atoms. The number of carbonyl (C=O) groups is 1. The Balaban J connectivity index is 1.65. The molecule has 1 amide bonds. The van der Waals surface area contributed by atoms with Gasteiger partial charge in [-0.25, -0.2) is 0 Å². The monoisotopic (exact) mass is 288 g/mol. The SMILES string of the molecule is COc1ccc2c(c1)CCN(CCN1CCC[C@H]1C)C2=O. The highest BCUT2D eigenvalue weighted by Crippen LogP contribution is 2.24. The maximum absolute atomic E-state index is 12.6. The van der Waals surface area contributed by atoms with Crippen LogP contribution < -0.4 is 4.74 Å². The molecule has 1 atom stereocenters. The van der Waals surface area contributed by atoms with E-state index < -0.39 is 0 Å². The molecule has 114 valence electrons. The van der Waals surface area contributed by atoms with E-state index in [0.29, 0.717) is 6.04 Å². The summed E-state index contributed by atoms with van der Waals surface area (Å²) < 4.78 is 5.24. The van der Waals surface area contributed by atoms with Crippen LogP contribution in [0.15, 0.2) is 18.2 Å². The minimum absolute atomic E-state index is 0.172. The average molecular weight is 288 g/mol. The molecule has 3 rings (SSSR count). The molecule has 0 unspecified atom stereocenters. The molecule has 2 aliphatic rings. The van der Waals surface area contributed by atoms with Gasteiger partial charge in [-0.15, -0.1) is 0 Å². The van der Waals surface area contributed by atoms with Crippen LogP contribution in [0.2, 0.25) is 0 Å². The molecule has 2 heterocycles. The lowest BCUT2D eigenvalue weighted by Crippen LogP contribution is -2.43. The molecule has 0 aliphatic carbocycles. The second-order valence-electron chi connectivity index (χ2n) is 6.09. The fourth-order valence-corrected chi connectivity index (χ4v) is 3.43. The molecule has 0 N–H and O–H groups in total. The first-order valence-electron chi connectivity index (χ1n) is 7.89. The van der Waals surface area contributed by atoms with Crippen molar-refractivity contribution in [2.75, 3.05) is 33.3 Å². The molecular formula is C17H24N2O2. The summed E-state index contributed by atoms with van der Waals surface area (Å²) >= 11 is 0. The number of methoxy groups -OCH3 is 1. The summed E-state index contributed by atoms with van der Waals surface area (Å²) in [6, 6.07) is 6.44. The van der Waals surface area contributed by atoms with Crippen molar-refractivity contribution in [1.29, 1.82) is 0 Å². The van der Waals surface area contributed by atoms with E-state index >= 15 is 0 Å². The van der Waals surface area contributed by atoms with Crippen LogP contribution in [0.1, 0.15) is 35.7 Å². The fourth-order valence-electron chi connectivity index (χ4n) is 3.43. The molecule has 2 aliphatic heterocycles. The third-order valence-electron chi connectivity index (χ3n) is 4.83. The highest BCUT2D eigenvalue weighted by atomic mass is 16.5. The Bertz CT molecular complexity index is 530. The first kappa shape index (κ1) is 14.4. The lowest BCUT2D eigenvalue weighted by atomic mass is 9.98. The van der Waals surface area contributed by atoms with Gasteiger partial charge in [-0.1, -0.05) is 0 Å². The molecule has 0 radical (unpaired) electrons. The summed E-state index contributed by atoms with van der Waals surface area (Å²) in [6.07, 6.45) is 3.50. The van der Waals surface area contributed by atoms with E-state index in [1.165, 1.54) is 19.4 Å². The van der Waals surface area contributed by atoms with Gasteiger partial charge in [-0.05, 0) is 56.5 Å². The van der Waals surface area contributed by atoms with Crippen LogP contribution in [0.25, 0.3) is 0 Å². The van der Waals surface area contributed by atoms with Crippen LogP contribution in [0.3, 0.4) is 0 Å². The smallest absolute Gasteiger partial charge is 0.254 e. The zero-order valence-electron chi connectivity index (χ0n) is 13.0. The summed E-state index contributed by atoms with van der Waals surface area (Å²) in [5, 5.41) is 0. The molecule has 0 bridgehead atoms. The number of carbonyl (C=O) groups excluding carboxylic acids is 1. The molecule has 4 heteroatoms. The lowest BCUT2D eigenvalue weighted by Gasteiger charge is -2.31. The number of nitrogens with zero attached hydrogens (tertiary/aromatic N) is 2. The fraction of sp³-hybridized carbons (Fsp3) is 0.588. The minimum Gasteiger partial charge on any atom is -0.497 e. The van der Waals surface area contributed by atoms with Crippen molar-refractivity contribution in [3.63, 3.8) is 0 Å². The van der Waals surface area contributed by atoms with E-state index in [1.807, 2.05) is 23.1 Å². The summed E-state index contributed by atoms with van der Waals surface area (Å²) in [7, 11) is 1.66. The van der Waals surface area contributed by atoms with Gasteiger partial charge in [0.25, 0.3) is 5.91 Å². The molecule has 1 aromatic rings. The third-order valence-corrected chi connectivity index (χ3v) is 4.83. The van der Waals surface area contributed by atoms with Crippen LogP contribution in [0.4, 0.5) is 0 Å². The largest absolute Gasteiger partial charge is 0.497 e. The standard InChI is InChI=1S/C17H24N2O2/c1-13-4-3-8-18(13)10-11-19-9-7-14-12-15(21-2)5-6-16(14)17(19)20/h5-6,12-13H,3-4,7-11H2,1-2H3/t13-/m1/s1. The summed E-state index contributed by atoms with van der Waals surface area (Å²) in [6.45, 7) is 6.12. The normalized spacial score (nSPS) is 22.5. The lowest BCUT2D eigenvalue weighted by molar-refractivity contribution is 0.0716. The zero-order chi connectivity index (χ0) is 14.8. The Hall–Kier alpha value is -1.55. The molecule has 1 aromatic carbocycles. The highest BCUT2D eigenvalue weighted by Gasteiger charge is 2.26. The quantitative estimate of drug-likeness (QED) is 0.851. The number of fused-ring (bicyclic) bond motifs is 1. The van der Waals surface area contributed by atoms with Crippen molar-refractivity contribution in [3.05, 3.63) is 29.3 Å². The van der Waals surface area contributed by atoms with Crippen LogP contribution in [0, 0.1) is 0 Å². The van der Waals surface area contributed by atoms with Gasteiger partial charge >= 0.3 is 0 Å². The van der Waals surface area contributed by atoms with Crippen molar-refractivity contribution >= 4 is 5.91 Å². The predicted octanol–water partition coefficient (Wildman–Crippen LogP) is 2.18. The Kier molecular flexibility index (Phi) is 4.15. The van der Waals surface area contributed by atoms with Gasteiger partial charge in [0.15, 0.2) is 0 Å². The van der Waals surface area contributed by atoms with Gasteiger partial charge in [-0.2, -0.15) is 0 Å². The predicted molar refractivity (Wildman–Crippen MR) is 82.9 cm³/mol. The number of rotatable bonds is 4. The average Bonchev–Trinajstić information content (AvgIpc) is 2.91. The van der Waals surface area contributed by atoms with Crippen molar-refractivity contribution in [1.82, 2.24) is 9.80 Å². The van der Waals surface area contributed by atoms with Crippen LogP contribution in [-0.4, -0.2) is 55.0 Å². The molecular weight excluding hydrogens is 264 g/mol. The number of hydrogen-bond donors (Lipinski definition) is 0. The van der Waals surface area contributed by atoms with Crippen LogP contribution in [0.5, 0.6) is 5.75 Å². The van der Waals surface area contributed by atoms with Gasteiger partial charge in [-0.3, -0.25) is 9.69 Å². The molecule has 21 heavy (non-hydrogen) atoms. The van der Waals surface area contributed by atoms with Gasteiger partial charge in [0.2, 0.25) is 0 Å². The topological polar surface area (TPSA) is 32.8 Å². The van der Waals surface area contributed by atoms with Crippen molar-refractivity contribution in [2.24, 2.45) is 0 Å². The first-order valence-corrected chi connectivity index (χ1v) is 7.89. The van der Waals surface area contributed by atoms with Gasteiger partial charge in [0, 0.05) is 31.2 Å². The Morgan fingerprint density at radius 1 is 1.29 bits per heavy atom. The number of amides is 1. The molecule has 4 nitrogen and oxygen atoms in total. The second-order valence-corrected chi connectivity index (χ2v) is 6.09. The van der Waals surface area contributed by atoms with E-state index in [1.54, 1.807) is 7.11 Å². The minimum atomic E-state index is 0.172. The summed E-state index contributed by atoms with van der Waals surface area (Å²) in [5.41, 5.74) is 1.96. The highest BCUT2D eigenvalue weighted by molar-refractivity contribution is 5.96. The van der Waals surface area contributed by atoms with E-state index in [-0.39, 0.29) is 5.91 Å². The molecule has 0 saturated carbocycles. The number of hydrogen-bond acceptors (Lipinski definition) is 3. The van der Waals surface area contributed by atoms with E-state index in [9.17, 15) is 4.79 Å². The molecule has 0 aromatic heterocycles. The van der Waals surface area contributed by atoms with Crippen molar-refractivity contribution < 1.29 is 9.53 Å². The summed E-state index contributed by atoms with van der Waals surface area (Å²) in [5.74, 6) is 1.01. The molecule has 1 fully saturated rings. The Labute approximate surface area is 126 Å². The van der Waals surface area contributed by atoms with Gasteiger partial charge in [0.05, 0.1) is 7.11 Å². The van der Waals surface area contributed by atoms with Crippen molar-refractivity contribution in [2.45, 2.75) is 32.2 Å². The van der Waals surface area contributed by atoms with E-state index in [4.69, 9.17) is 4.74 Å². The van der Waals surface area contributed by atoms with E-state index in [0.717, 1.165) is 42.9 Å². The van der Waals surface area contributed by atoms with Crippen molar-refractivity contribution in [3.8, 4) is 5.75 Å². The Morgan fingerprint density at radius 3 is 2.86 bits per heavy atom. The third kappa shape index (κ3) is 2.91. The van der Waals surface area contributed by atoms with E-state index in [2.05, 4.69) is 11.8 Å². The first-order chi connectivity index (χ1) is 10.2. The second kappa shape index (κ2) is 6.06. The maximum Gasteiger partial charge on any atom is 0.254 e. The number of ether oxygens (including phenoxy) is 1. The number of benzene rings is 1. The zero-order valence-corrected chi connectivity index (χ0v) is 13.0. The summed E-state index contributed by atoms with van der Waals surface area (Å²) in [4.78, 5) is 17.1. The number of likely N-dealkylation sites (tertiary alicyclic amines) is 1. The Morgan fingerprint density at radius 2 is 2.14 bits per heavy atom. The van der Waals surface area contributed by atoms with Crippen LogP contribution >= 0.6 is 0 Å². The van der Waals surface area contributed by atoms with Crippen LogP contribution in [-0.2, 0) is 6.42 Å². The molecule has 1 saturated heterocycles.